The van der Waals surface area contributed by atoms with Crippen molar-refractivity contribution in [1.29, 1.82) is 0 Å². The second-order valence-corrected chi connectivity index (χ2v) is 6.12. The van der Waals surface area contributed by atoms with Gasteiger partial charge in [-0.05, 0) is 50.6 Å². The van der Waals surface area contributed by atoms with Crippen LogP contribution in [0.25, 0.3) is 6.08 Å². The minimum absolute atomic E-state index is 0.722. The topological polar surface area (TPSA) is 96.3 Å². The Morgan fingerprint density at radius 3 is 2.22 bits per heavy atom. The monoisotopic (exact) mass is 379 g/mol. The fraction of sp³-hybridized carbons (Fsp3) is 0.500. The van der Waals surface area contributed by atoms with Gasteiger partial charge in [-0.3, -0.25) is 4.90 Å². The quantitative estimate of drug-likeness (QED) is 0.733. The molecule has 1 aromatic rings. The Bertz CT molecular complexity index is 609. The summed E-state index contributed by atoms with van der Waals surface area (Å²) in [5, 5.41) is 14.8. The van der Waals surface area contributed by atoms with Crippen LogP contribution in [0.1, 0.15) is 38.2 Å². The summed E-state index contributed by atoms with van der Waals surface area (Å²) in [6, 6.07) is 6.07. The summed E-state index contributed by atoms with van der Waals surface area (Å²) in [5.41, 5.74) is 1.13. The summed E-state index contributed by atoms with van der Waals surface area (Å²) in [6.07, 6.45) is 9.47. The number of methoxy groups -OCH3 is 1. The lowest BCUT2D eigenvalue weighted by Crippen LogP contribution is -2.29. The number of allylic oxidation sites excluding steroid dienone is 1. The zero-order chi connectivity index (χ0) is 20.1. The standard InChI is InChI=1S/C18H27NO2.C2H2O4/c1-3-8-16-9-10-17(18(15-16)20-2)21-14-13-19-11-6-4-5-7-12-19;3-1(4)2(5)6/h3,8-10,15H,4-7,11-14H2,1-2H3;(H,3,4)(H,5,6). The number of carboxylic acids is 2. The van der Waals surface area contributed by atoms with Gasteiger partial charge in [0.15, 0.2) is 11.5 Å². The molecule has 0 bridgehead atoms. The van der Waals surface area contributed by atoms with E-state index in [-0.39, 0.29) is 0 Å². The van der Waals surface area contributed by atoms with Crippen molar-refractivity contribution < 1.29 is 29.3 Å². The minimum Gasteiger partial charge on any atom is -0.493 e. The third kappa shape index (κ3) is 9.10. The van der Waals surface area contributed by atoms with Gasteiger partial charge in [0.05, 0.1) is 7.11 Å². The van der Waals surface area contributed by atoms with Gasteiger partial charge in [-0.2, -0.15) is 0 Å². The third-order valence-electron chi connectivity index (χ3n) is 4.09. The number of rotatable bonds is 6. The molecule has 1 aromatic carbocycles. The van der Waals surface area contributed by atoms with E-state index in [1.54, 1.807) is 7.11 Å². The van der Waals surface area contributed by atoms with Gasteiger partial charge in [0.25, 0.3) is 0 Å². The maximum atomic E-state index is 9.10. The van der Waals surface area contributed by atoms with Crippen LogP contribution in [0.4, 0.5) is 0 Å². The summed E-state index contributed by atoms with van der Waals surface area (Å²) in [5.74, 6) is -2.01. The first kappa shape index (κ1) is 22.5. The molecule has 1 heterocycles. The molecule has 1 aliphatic rings. The Labute approximate surface area is 160 Å². The molecule has 0 amide bonds. The molecule has 0 aliphatic carbocycles. The number of carboxylic acid groups (broad SMARTS) is 2. The van der Waals surface area contributed by atoms with E-state index in [9.17, 15) is 0 Å². The zero-order valence-corrected chi connectivity index (χ0v) is 16.0. The van der Waals surface area contributed by atoms with Crippen molar-refractivity contribution in [2.24, 2.45) is 0 Å². The van der Waals surface area contributed by atoms with Gasteiger partial charge in [0, 0.05) is 6.54 Å². The first-order valence-electron chi connectivity index (χ1n) is 9.10. The van der Waals surface area contributed by atoms with Crippen molar-refractivity contribution in [3.8, 4) is 11.5 Å². The molecule has 27 heavy (non-hydrogen) atoms. The van der Waals surface area contributed by atoms with Gasteiger partial charge in [-0.1, -0.05) is 31.1 Å². The molecule has 1 aliphatic heterocycles. The molecule has 0 spiro atoms. The van der Waals surface area contributed by atoms with E-state index in [2.05, 4.69) is 17.0 Å². The number of ether oxygens (including phenoxy) is 2. The maximum Gasteiger partial charge on any atom is 0.414 e. The van der Waals surface area contributed by atoms with Gasteiger partial charge in [0.1, 0.15) is 6.61 Å². The molecule has 0 radical (unpaired) electrons. The lowest BCUT2D eigenvalue weighted by Gasteiger charge is -2.20. The number of aliphatic carboxylic acids is 2. The highest BCUT2D eigenvalue weighted by molar-refractivity contribution is 6.27. The van der Waals surface area contributed by atoms with Crippen molar-refractivity contribution in [1.82, 2.24) is 4.90 Å². The molecular weight excluding hydrogens is 350 g/mol. The first-order chi connectivity index (χ1) is 13.0. The van der Waals surface area contributed by atoms with Crippen LogP contribution in [-0.2, 0) is 9.59 Å². The molecule has 7 nitrogen and oxygen atoms in total. The van der Waals surface area contributed by atoms with Crippen LogP contribution in [0.15, 0.2) is 24.3 Å². The van der Waals surface area contributed by atoms with Crippen molar-refractivity contribution in [3.05, 3.63) is 29.8 Å². The SMILES string of the molecule is CC=Cc1ccc(OCCN2CCCCCC2)c(OC)c1.O=C(O)C(=O)O. The number of carbonyl (C=O) groups is 2. The molecule has 1 fully saturated rings. The zero-order valence-electron chi connectivity index (χ0n) is 16.0. The van der Waals surface area contributed by atoms with Crippen molar-refractivity contribution in [3.63, 3.8) is 0 Å². The van der Waals surface area contributed by atoms with Gasteiger partial charge in [-0.25, -0.2) is 9.59 Å². The van der Waals surface area contributed by atoms with Crippen LogP contribution in [0.2, 0.25) is 0 Å². The van der Waals surface area contributed by atoms with E-state index in [0.717, 1.165) is 30.2 Å². The predicted octanol–water partition coefficient (Wildman–Crippen LogP) is 3.14. The fourth-order valence-corrected chi connectivity index (χ4v) is 2.74. The number of hydrogen-bond acceptors (Lipinski definition) is 5. The highest BCUT2D eigenvalue weighted by Gasteiger charge is 2.10. The van der Waals surface area contributed by atoms with Crippen LogP contribution < -0.4 is 9.47 Å². The van der Waals surface area contributed by atoms with E-state index < -0.39 is 11.9 Å². The van der Waals surface area contributed by atoms with Crippen LogP contribution >= 0.6 is 0 Å². The number of nitrogens with zero attached hydrogens (tertiary/aromatic N) is 1. The van der Waals surface area contributed by atoms with Gasteiger partial charge >= 0.3 is 11.9 Å². The molecule has 2 N–H and O–H groups in total. The lowest BCUT2D eigenvalue weighted by molar-refractivity contribution is -0.159. The molecule has 0 aromatic heterocycles. The maximum absolute atomic E-state index is 9.10. The van der Waals surface area contributed by atoms with Gasteiger partial charge in [-0.15, -0.1) is 0 Å². The van der Waals surface area contributed by atoms with Crippen LogP contribution in [-0.4, -0.2) is 60.4 Å². The molecule has 1 saturated heterocycles. The summed E-state index contributed by atoms with van der Waals surface area (Å²) in [4.78, 5) is 20.7. The first-order valence-corrected chi connectivity index (χ1v) is 9.10. The molecular formula is C20H29NO6. The van der Waals surface area contributed by atoms with Gasteiger partial charge in [0.2, 0.25) is 0 Å². The highest BCUT2D eigenvalue weighted by atomic mass is 16.5. The van der Waals surface area contributed by atoms with E-state index in [1.165, 1.54) is 38.8 Å². The fourth-order valence-electron chi connectivity index (χ4n) is 2.74. The number of benzene rings is 1. The van der Waals surface area contributed by atoms with Crippen LogP contribution in [0.3, 0.4) is 0 Å². The van der Waals surface area contributed by atoms with Crippen LogP contribution in [0.5, 0.6) is 11.5 Å². The Morgan fingerprint density at radius 1 is 1.07 bits per heavy atom. The Hall–Kier alpha value is -2.54. The molecule has 2 rings (SSSR count). The Kier molecular flexibility index (Phi) is 10.6. The Balaban J connectivity index is 0.000000527. The smallest absolute Gasteiger partial charge is 0.414 e. The summed E-state index contributed by atoms with van der Waals surface area (Å²) in [7, 11) is 1.69. The van der Waals surface area contributed by atoms with Crippen LogP contribution in [0, 0.1) is 0 Å². The average Bonchev–Trinajstić information content (AvgIpc) is 2.92. The largest absolute Gasteiger partial charge is 0.493 e. The molecule has 0 unspecified atom stereocenters. The highest BCUT2D eigenvalue weighted by Crippen LogP contribution is 2.28. The van der Waals surface area contributed by atoms with Gasteiger partial charge < -0.3 is 19.7 Å². The van der Waals surface area contributed by atoms with E-state index >= 15 is 0 Å². The summed E-state index contributed by atoms with van der Waals surface area (Å²) in [6.45, 7) is 6.15. The number of hydrogen-bond donors (Lipinski definition) is 2. The lowest BCUT2D eigenvalue weighted by atomic mass is 10.2. The minimum atomic E-state index is -1.82. The average molecular weight is 379 g/mol. The number of likely N-dealkylation sites (tertiary alicyclic amines) is 1. The Morgan fingerprint density at radius 2 is 1.70 bits per heavy atom. The summed E-state index contributed by atoms with van der Waals surface area (Å²) < 4.78 is 11.3. The van der Waals surface area contributed by atoms with E-state index in [0.29, 0.717) is 0 Å². The molecule has 0 saturated carbocycles. The second-order valence-electron chi connectivity index (χ2n) is 6.12. The second kappa shape index (κ2) is 12.8. The third-order valence-corrected chi connectivity index (χ3v) is 4.09. The summed E-state index contributed by atoms with van der Waals surface area (Å²) >= 11 is 0. The molecule has 7 heteroatoms. The normalized spacial score (nSPS) is 14.7. The molecule has 0 atom stereocenters. The van der Waals surface area contributed by atoms with Crippen molar-refractivity contribution in [2.45, 2.75) is 32.6 Å². The predicted molar refractivity (Wildman–Crippen MR) is 103 cm³/mol. The van der Waals surface area contributed by atoms with Crippen molar-refractivity contribution >= 4 is 18.0 Å². The van der Waals surface area contributed by atoms with Crippen molar-refractivity contribution in [2.75, 3.05) is 33.4 Å². The van der Waals surface area contributed by atoms with E-state index in [1.807, 2.05) is 25.1 Å². The molecule has 150 valence electrons. The van der Waals surface area contributed by atoms with E-state index in [4.69, 9.17) is 29.3 Å².